The molecule has 0 N–H and O–H groups in total. The Morgan fingerprint density at radius 1 is 1.03 bits per heavy atom. The third-order valence-electron chi connectivity index (χ3n) is 8.01. The molecule has 0 saturated carbocycles. The summed E-state index contributed by atoms with van der Waals surface area (Å²) in [7, 11) is 0. The van der Waals surface area contributed by atoms with Crippen LogP contribution in [0.1, 0.15) is 68.4 Å². The van der Waals surface area contributed by atoms with E-state index >= 15 is 0 Å². The smallest absolute Gasteiger partial charge is 0.410 e. The van der Waals surface area contributed by atoms with Crippen LogP contribution in [-0.2, 0) is 4.74 Å². The monoisotopic (exact) mass is 537 g/mol. The highest BCUT2D eigenvalue weighted by Gasteiger charge is 2.45. The molecule has 0 spiro atoms. The molecule has 3 saturated heterocycles. The summed E-state index contributed by atoms with van der Waals surface area (Å²) in [5, 5.41) is 4.42. The first-order valence-corrected chi connectivity index (χ1v) is 13.6. The minimum atomic E-state index is -0.577. The van der Waals surface area contributed by atoms with Crippen molar-refractivity contribution >= 4 is 23.2 Å². The van der Waals surface area contributed by atoms with Crippen LogP contribution in [-0.4, -0.2) is 68.7 Å². The molecule has 39 heavy (non-hydrogen) atoms. The minimum absolute atomic E-state index is 0.0826. The Labute approximate surface area is 226 Å². The van der Waals surface area contributed by atoms with Crippen LogP contribution in [0.2, 0.25) is 0 Å². The molecule has 2 unspecified atom stereocenters. The molecule has 0 aliphatic carbocycles. The molecule has 206 valence electrons. The van der Waals surface area contributed by atoms with E-state index < -0.39 is 17.2 Å². The SMILES string of the molecule is CC(C)(C)OC(=O)N1CC2CCC(C1)N2C(=O)c1cnn2ccc(N3CCC[C@@H]3c3cc(F)ccc3F)cc12. The summed E-state index contributed by atoms with van der Waals surface area (Å²) in [5.41, 5.74) is 1.76. The highest BCUT2D eigenvalue weighted by molar-refractivity contribution is 6.01. The number of carbonyl (C=O) groups is 2. The molecule has 1 aromatic carbocycles. The molecule has 3 atom stereocenters. The number of hydrogen-bond acceptors (Lipinski definition) is 5. The number of carbonyl (C=O) groups excluding carboxylic acids is 2. The number of likely N-dealkylation sites (tertiary alicyclic amines) is 1. The molecule has 5 heterocycles. The molecule has 6 rings (SSSR count). The summed E-state index contributed by atoms with van der Waals surface area (Å²) in [6.07, 6.45) is 6.26. The molecular formula is C29H33F2N5O3. The number of hydrogen-bond donors (Lipinski definition) is 0. The average Bonchev–Trinajstić information content (AvgIpc) is 3.59. The molecule has 2 bridgehead atoms. The maximum Gasteiger partial charge on any atom is 0.410 e. The number of nitrogens with zero attached hydrogens (tertiary/aromatic N) is 5. The minimum Gasteiger partial charge on any atom is -0.444 e. The second-order valence-electron chi connectivity index (χ2n) is 11.8. The molecule has 3 aliphatic rings. The van der Waals surface area contributed by atoms with Crippen LogP contribution < -0.4 is 4.90 Å². The number of pyridine rings is 1. The van der Waals surface area contributed by atoms with E-state index in [4.69, 9.17) is 4.74 Å². The predicted octanol–water partition coefficient (Wildman–Crippen LogP) is 5.18. The number of fused-ring (bicyclic) bond motifs is 3. The molecule has 10 heteroatoms. The molecule has 3 fully saturated rings. The van der Waals surface area contributed by atoms with E-state index in [1.807, 2.05) is 37.8 Å². The van der Waals surface area contributed by atoms with Crippen molar-refractivity contribution in [2.75, 3.05) is 24.5 Å². The molecule has 2 aromatic heterocycles. The van der Waals surface area contributed by atoms with E-state index in [9.17, 15) is 18.4 Å². The summed E-state index contributed by atoms with van der Waals surface area (Å²) < 4.78 is 35.8. The van der Waals surface area contributed by atoms with E-state index in [-0.39, 0.29) is 30.1 Å². The van der Waals surface area contributed by atoms with Gasteiger partial charge in [-0.1, -0.05) is 0 Å². The quantitative estimate of drug-likeness (QED) is 0.461. The average molecular weight is 538 g/mol. The van der Waals surface area contributed by atoms with Gasteiger partial charge in [-0.2, -0.15) is 5.10 Å². The van der Waals surface area contributed by atoms with Gasteiger partial charge in [0.1, 0.15) is 17.2 Å². The summed E-state index contributed by atoms with van der Waals surface area (Å²) in [6, 6.07) is 6.94. The van der Waals surface area contributed by atoms with Crippen molar-refractivity contribution < 1.29 is 23.1 Å². The van der Waals surface area contributed by atoms with Gasteiger partial charge in [0.25, 0.3) is 5.91 Å². The largest absolute Gasteiger partial charge is 0.444 e. The van der Waals surface area contributed by atoms with Crippen molar-refractivity contribution in [1.82, 2.24) is 19.4 Å². The summed E-state index contributed by atoms with van der Waals surface area (Å²) >= 11 is 0. The van der Waals surface area contributed by atoms with Crippen LogP contribution >= 0.6 is 0 Å². The van der Waals surface area contributed by atoms with Gasteiger partial charge >= 0.3 is 6.09 Å². The normalized spacial score (nSPS) is 23.1. The first-order valence-electron chi connectivity index (χ1n) is 13.6. The first kappa shape index (κ1) is 25.6. The second-order valence-corrected chi connectivity index (χ2v) is 11.8. The van der Waals surface area contributed by atoms with Gasteiger partial charge in [0.05, 0.1) is 35.4 Å². The maximum absolute atomic E-state index is 14.6. The van der Waals surface area contributed by atoms with Gasteiger partial charge in [0.15, 0.2) is 0 Å². The zero-order chi connectivity index (χ0) is 27.5. The molecule has 8 nitrogen and oxygen atoms in total. The van der Waals surface area contributed by atoms with Gasteiger partial charge in [-0.25, -0.2) is 18.1 Å². The Kier molecular flexibility index (Phi) is 6.23. The number of rotatable bonds is 3. The van der Waals surface area contributed by atoms with Crippen LogP contribution in [0.25, 0.3) is 5.52 Å². The third-order valence-corrected chi connectivity index (χ3v) is 8.01. The van der Waals surface area contributed by atoms with Crippen molar-refractivity contribution in [3.05, 3.63) is 65.5 Å². The van der Waals surface area contributed by atoms with Crippen LogP contribution in [0.5, 0.6) is 0 Å². The zero-order valence-electron chi connectivity index (χ0n) is 22.4. The highest BCUT2D eigenvalue weighted by Crippen LogP contribution is 2.39. The number of amides is 2. The van der Waals surface area contributed by atoms with E-state index in [1.54, 1.807) is 21.8 Å². The van der Waals surface area contributed by atoms with Crippen molar-refractivity contribution in [2.24, 2.45) is 0 Å². The Balaban J connectivity index is 1.26. The molecule has 3 aliphatic heterocycles. The molecular weight excluding hydrogens is 504 g/mol. The number of anilines is 1. The van der Waals surface area contributed by atoms with E-state index in [1.165, 1.54) is 12.1 Å². The van der Waals surface area contributed by atoms with Crippen molar-refractivity contribution in [3.63, 3.8) is 0 Å². The van der Waals surface area contributed by atoms with Gasteiger partial charge in [0, 0.05) is 37.1 Å². The molecule has 2 amide bonds. The van der Waals surface area contributed by atoms with Gasteiger partial charge in [-0.05, 0) is 76.8 Å². The van der Waals surface area contributed by atoms with Gasteiger partial charge in [-0.3, -0.25) is 4.79 Å². The fourth-order valence-corrected chi connectivity index (χ4v) is 6.33. The van der Waals surface area contributed by atoms with E-state index in [2.05, 4.69) is 10.00 Å². The number of aromatic nitrogens is 2. The van der Waals surface area contributed by atoms with Crippen LogP contribution in [0, 0.1) is 11.6 Å². The van der Waals surface area contributed by atoms with E-state index in [0.29, 0.717) is 42.7 Å². The van der Waals surface area contributed by atoms with E-state index in [0.717, 1.165) is 31.0 Å². The highest BCUT2D eigenvalue weighted by atomic mass is 19.1. The Hall–Kier alpha value is -3.69. The first-order chi connectivity index (χ1) is 18.6. The predicted molar refractivity (Wildman–Crippen MR) is 142 cm³/mol. The van der Waals surface area contributed by atoms with Gasteiger partial charge in [-0.15, -0.1) is 0 Å². The van der Waals surface area contributed by atoms with Crippen molar-refractivity contribution in [3.8, 4) is 0 Å². The van der Waals surface area contributed by atoms with Crippen molar-refractivity contribution in [1.29, 1.82) is 0 Å². The number of halogens is 2. The summed E-state index contributed by atoms with van der Waals surface area (Å²) in [4.78, 5) is 32.3. The lowest BCUT2D eigenvalue weighted by Gasteiger charge is -2.41. The Morgan fingerprint density at radius 2 is 1.77 bits per heavy atom. The Bertz CT molecular complexity index is 1420. The standard InChI is InChI=1S/C29H33F2N5O3/c1-29(2,3)39-28(38)33-16-20-7-8-21(17-33)36(20)27(37)23-15-32-35-12-10-19(14-26(23)35)34-11-4-5-25(34)22-13-18(30)6-9-24(22)31/h6,9-10,12-15,20-21,25H,4-5,7-8,11,16-17H2,1-3H3/t20?,21?,25-/m1/s1. The number of benzene rings is 1. The molecule has 3 aromatic rings. The number of ether oxygens (including phenoxy) is 1. The van der Waals surface area contributed by atoms with Gasteiger partial charge < -0.3 is 19.4 Å². The molecule has 0 radical (unpaired) electrons. The van der Waals surface area contributed by atoms with Gasteiger partial charge in [0.2, 0.25) is 0 Å². The maximum atomic E-state index is 14.6. The topological polar surface area (TPSA) is 70.4 Å². The lowest BCUT2D eigenvalue weighted by atomic mass is 10.0. The second kappa shape index (κ2) is 9.50. The fraction of sp³-hybridized carbons (Fsp3) is 0.483. The van der Waals surface area contributed by atoms with Crippen LogP contribution in [0.4, 0.5) is 19.3 Å². The zero-order valence-corrected chi connectivity index (χ0v) is 22.4. The fourth-order valence-electron chi connectivity index (χ4n) is 6.33. The number of piperazine rings is 1. The third kappa shape index (κ3) is 4.70. The lowest BCUT2D eigenvalue weighted by molar-refractivity contribution is 0.00244. The van der Waals surface area contributed by atoms with Crippen LogP contribution in [0.3, 0.4) is 0 Å². The summed E-state index contributed by atoms with van der Waals surface area (Å²) in [6.45, 7) is 7.12. The van der Waals surface area contributed by atoms with Crippen LogP contribution in [0.15, 0.2) is 42.7 Å². The summed E-state index contributed by atoms with van der Waals surface area (Å²) in [5.74, 6) is -0.984. The Morgan fingerprint density at radius 3 is 2.49 bits per heavy atom. The lowest BCUT2D eigenvalue weighted by Crippen LogP contribution is -2.57. The van der Waals surface area contributed by atoms with Crippen molar-refractivity contribution in [2.45, 2.75) is 70.2 Å².